The number of guanidine groups is 1. The molecule has 8 heteroatoms. The molecule has 0 aliphatic heterocycles. The van der Waals surface area contributed by atoms with Crippen molar-refractivity contribution < 1.29 is 9.47 Å². The molecule has 2 rings (SSSR count). The highest BCUT2D eigenvalue weighted by atomic mass is 79.9. The molecule has 0 aliphatic rings. The molecule has 6 nitrogen and oxygen atoms in total. The normalized spacial score (nSPS) is 11.4. The van der Waals surface area contributed by atoms with E-state index in [1.54, 1.807) is 37.7 Å². The molecule has 0 spiro atoms. The summed E-state index contributed by atoms with van der Waals surface area (Å²) in [5, 5.41) is 3.91. The van der Waals surface area contributed by atoms with Gasteiger partial charge in [0.05, 0.1) is 35.9 Å². The van der Waals surface area contributed by atoms with E-state index in [9.17, 15) is 0 Å². The zero-order valence-electron chi connectivity index (χ0n) is 12.5. The molecule has 1 aromatic heterocycles. The average molecular weight is 385 g/mol. The Hall–Kier alpha value is -1.80. The molecule has 0 saturated carbocycles. The molecule has 0 radical (unpaired) electrons. The number of benzene rings is 1. The van der Waals surface area contributed by atoms with Crippen molar-refractivity contribution in [1.29, 1.82) is 0 Å². The Morgan fingerprint density at radius 3 is 2.77 bits per heavy atom. The maximum absolute atomic E-state index is 5.92. The van der Waals surface area contributed by atoms with E-state index in [2.05, 4.69) is 31.2 Å². The Labute approximate surface area is 141 Å². The van der Waals surface area contributed by atoms with E-state index < -0.39 is 0 Å². The Morgan fingerprint density at radius 2 is 2.18 bits per heavy atom. The molecular formula is C14H17BrN4O2S. The number of ether oxygens (including phenoxy) is 2. The van der Waals surface area contributed by atoms with E-state index in [0.29, 0.717) is 23.7 Å². The lowest BCUT2D eigenvalue weighted by Gasteiger charge is -2.11. The number of aryl methyl sites for hydroxylation is 1. The lowest BCUT2D eigenvalue weighted by Crippen LogP contribution is -2.23. The number of nitrogens with two attached hydrogens (primary N) is 1. The lowest BCUT2D eigenvalue weighted by atomic mass is 10.2. The summed E-state index contributed by atoms with van der Waals surface area (Å²) in [6.07, 6.45) is 0. The summed E-state index contributed by atoms with van der Waals surface area (Å²) < 4.78 is 11.5. The van der Waals surface area contributed by atoms with Crippen molar-refractivity contribution in [3.8, 4) is 11.5 Å². The Kier molecular flexibility index (Phi) is 5.62. The maximum Gasteiger partial charge on any atom is 0.193 e. The Bertz CT molecular complexity index is 668. The van der Waals surface area contributed by atoms with Gasteiger partial charge in [-0.05, 0) is 35.0 Å². The number of halogens is 1. The highest BCUT2D eigenvalue weighted by Gasteiger charge is 2.07. The van der Waals surface area contributed by atoms with Crippen LogP contribution in [-0.2, 0) is 6.54 Å². The van der Waals surface area contributed by atoms with Gasteiger partial charge < -0.3 is 20.5 Å². The SMILES string of the molecule is COc1ccc(OC)c(NC(N)=NCc2nc(C)c(Br)s2)c1. The van der Waals surface area contributed by atoms with Crippen molar-refractivity contribution in [2.75, 3.05) is 19.5 Å². The quantitative estimate of drug-likeness (QED) is 0.611. The molecule has 0 atom stereocenters. The first kappa shape index (κ1) is 16.6. The minimum absolute atomic E-state index is 0.288. The molecule has 0 unspecified atom stereocenters. The molecule has 0 amide bonds. The summed E-state index contributed by atoms with van der Waals surface area (Å²) >= 11 is 4.99. The molecule has 0 saturated heterocycles. The van der Waals surface area contributed by atoms with Gasteiger partial charge in [-0.2, -0.15) is 0 Å². The fourth-order valence-corrected chi connectivity index (χ4v) is 3.10. The van der Waals surface area contributed by atoms with Crippen molar-refractivity contribution in [3.63, 3.8) is 0 Å². The highest BCUT2D eigenvalue weighted by molar-refractivity contribution is 9.11. The van der Waals surface area contributed by atoms with Gasteiger partial charge in [-0.3, -0.25) is 0 Å². The predicted octanol–water partition coefficient (Wildman–Crippen LogP) is 3.16. The molecule has 0 bridgehead atoms. The van der Waals surface area contributed by atoms with E-state index >= 15 is 0 Å². The molecule has 1 heterocycles. The molecule has 0 aliphatic carbocycles. The Balaban J connectivity index is 2.10. The number of aromatic nitrogens is 1. The van der Waals surface area contributed by atoms with Crippen molar-refractivity contribution in [1.82, 2.24) is 4.98 Å². The van der Waals surface area contributed by atoms with Crippen LogP contribution in [0.25, 0.3) is 0 Å². The summed E-state index contributed by atoms with van der Waals surface area (Å²) in [6.45, 7) is 2.36. The van der Waals surface area contributed by atoms with Crippen LogP contribution in [0.2, 0.25) is 0 Å². The van der Waals surface area contributed by atoms with Crippen molar-refractivity contribution in [2.45, 2.75) is 13.5 Å². The number of aliphatic imine (C=N–C) groups is 1. The monoisotopic (exact) mass is 384 g/mol. The van der Waals surface area contributed by atoms with Crippen LogP contribution in [-0.4, -0.2) is 25.2 Å². The molecule has 22 heavy (non-hydrogen) atoms. The van der Waals surface area contributed by atoms with Crippen LogP contribution >= 0.6 is 27.3 Å². The van der Waals surface area contributed by atoms with Gasteiger partial charge in [0, 0.05) is 6.07 Å². The zero-order valence-corrected chi connectivity index (χ0v) is 14.9. The first-order valence-corrected chi connectivity index (χ1v) is 8.05. The topological polar surface area (TPSA) is 81.8 Å². The second-order valence-electron chi connectivity index (χ2n) is 4.36. The van der Waals surface area contributed by atoms with Crippen LogP contribution < -0.4 is 20.5 Å². The number of nitrogens with zero attached hydrogens (tertiary/aromatic N) is 2. The van der Waals surface area contributed by atoms with Gasteiger partial charge in [-0.15, -0.1) is 11.3 Å². The fourth-order valence-electron chi connectivity index (χ4n) is 1.74. The number of methoxy groups -OCH3 is 2. The van der Waals surface area contributed by atoms with E-state index in [1.807, 2.05) is 13.0 Å². The van der Waals surface area contributed by atoms with Crippen LogP contribution in [0.3, 0.4) is 0 Å². The van der Waals surface area contributed by atoms with E-state index in [1.165, 1.54) is 0 Å². The van der Waals surface area contributed by atoms with E-state index in [4.69, 9.17) is 15.2 Å². The van der Waals surface area contributed by atoms with Crippen molar-refractivity contribution in [3.05, 3.63) is 32.7 Å². The van der Waals surface area contributed by atoms with Gasteiger partial charge in [0.2, 0.25) is 0 Å². The second-order valence-corrected chi connectivity index (χ2v) is 6.76. The molecule has 1 aromatic carbocycles. The first-order chi connectivity index (χ1) is 10.5. The number of thiazole rings is 1. The number of hydrogen-bond donors (Lipinski definition) is 2. The summed E-state index contributed by atoms with van der Waals surface area (Å²) in [7, 11) is 3.20. The summed E-state index contributed by atoms with van der Waals surface area (Å²) in [4.78, 5) is 8.68. The number of hydrogen-bond acceptors (Lipinski definition) is 5. The fraction of sp³-hybridized carbons (Fsp3) is 0.286. The average Bonchev–Trinajstić information content (AvgIpc) is 2.83. The maximum atomic E-state index is 5.92. The third kappa shape index (κ3) is 4.11. The van der Waals surface area contributed by atoms with E-state index in [0.717, 1.165) is 14.5 Å². The largest absolute Gasteiger partial charge is 0.497 e. The number of rotatable bonds is 5. The number of nitrogens with one attached hydrogen (secondary N) is 1. The van der Waals surface area contributed by atoms with Crippen molar-refractivity contribution in [2.24, 2.45) is 10.7 Å². The standard InChI is InChI=1S/C14H17BrN4O2S/c1-8-13(15)22-12(18-8)7-17-14(16)19-10-6-9(20-2)4-5-11(10)21-3/h4-6H,7H2,1-3H3,(H3,16,17,19). The van der Waals surface area contributed by atoms with Crippen LogP contribution in [0.1, 0.15) is 10.7 Å². The minimum Gasteiger partial charge on any atom is -0.497 e. The summed E-state index contributed by atoms with van der Waals surface area (Å²) in [5.41, 5.74) is 7.57. The third-order valence-corrected chi connectivity index (χ3v) is 4.83. The molecule has 0 fully saturated rings. The number of anilines is 1. The predicted molar refractivity (Wildman–Crippen MR) is 93.0 cm³/mol. The first-order valence-electron chi connectivity index (χ1n) is 6.44. The molecule has 2 aromatic rings. The van der Waals surface area contributed by atoms with Crippen LogP contribution in [0.5, 0.6) is 11.5 Å². The summed E-state index contributed by atoms with van der Waals surface area (Å²) in [6, 6.07) is 5.41. The van der Waals surface area contributed by atoms with Gasteiger partial charge >= 0.3 is 0 Å². The van der Waals surface area contributed by atoms with Crippen LogP contribution in [0.15, 0.2) is 27.0 Å². The molecule has 3 N–H and O–H groups in total. The zero-order chi connectivity index (χ0) is 16.1. The van der Waals surface area contributed by atoms with Gasteiger partial charge in [-0.25, -0.2) is 9.98 Å². The van der Waals surface area contributed by atoms with Crippen molar-refractivity contribution >= 4 is 38.9 Å². The Morgan fingerprint density at radius 1 is 1.41 bits per heavy atom. The van der Waals surface area contributed by atoms with Gasteiger partial charge in [-0.1, -0.05) is 0 Å². The van der Waals surface area contributed by atoms with Gasteiger partial charge in [0.15, 0.2) is 5.96 Å². The molecule has 118 valence electrons. The second kappa shape index (κ2) is 7.46. The third-order valence-electron chi connectivity index (χ3n) is 2.84. The van der Waals surface area contributed by atoms with Gasteiger partial charge in [0.1, 0.15) is 16.5 Å². The highest BCUT2D eigenvalue weighted by Crippen LogP contribution is 2.29. The van der Waals surface area contributed by atoms with Crippen LogP contribution in [0, 0.1) is 6.92 Å². The minimum atomic E-state index is 0.288. The van der Waals surface area contributed by atoms with E-state index in [-0.39, 0.29) is 5.96 Å². The lowest BCUT2D eigenvalue weighted by molar-refractivity contribution is 0.405. The smallest absolute Gasteiger partial charge is 0.193 e. The van der Waals surface area contributed by atoms with Crippen LogP contribution in [0.4, 0.5) is 5.69 Å². The van der Waals surface area contributed by atoms with Gasteiger partial charge in [0.25, 0.3) is 0 Å². The molecular weight excluding hydrogens is 368 g/mol. The summed E-state index contributed by atoms with van der Waals surface area (Å²) in [5.74, 6) is 1.65.